The third kappa shape index (κ3) is 4.53. The fraction of sp³-hybridized carbons (Fsp3) is 0.412. The second-order valence-electron chi connectivity index (χ2n) is 6.40. The Morgan fingerprint density at radius 2 is 1.84 bits per heavy atom. The quantitative estimate of drug-likeness (QED) is 0.868. The molecule has 3 rings (SSSR count). The van der Waals surface area contributed by atoms with E-state index in [1.165, 1.54) is 12.1 Å². The minimum Gasteiger partial charge on any atom is -0.301 e. The number of anilines is 1. The molecule has 0 saturated carbocycles. The third-order valence-electron chi connectivity index (χ3n) is 4.43. The van der Waals surface area contributed by atoms with Gasteiger partial charge >= 0.3 is 0 Å². The number of nitrogens with one attached hydrogen (secondary N) is 1. The number of rotatable bonds is 5. The summed E-state index contributed by atoms with van der Waals surface area (Å²) >= 11 is 0. The van der Waals surface area contributed by atoms with Crippen LogP contribution in [0.15, 0.2) is 47.6 Å². The van der Waals surface area contributed by atoms with Crippen molar-refractivity contribution in [1.82, 2.24) is 19.8 Å². The van der Waals surface area contributed by atoms with Crippen LogP contribution in [0.1, 0.15) is 12.5 Å². The van der Waals surface area contributed by atoms with Gasteiger partial charge in [-0.25, -0.2) is 23.1 Å². The average molecular weight is 361 g/mol. The molecule has 2 aromatic rings. The van der Waals surface area contributed by atoms with E-state index in [1.54, 1.807) is 30.6 Å². The summed E-state index contributed by atoms with van der Waals surface area (Å²) in [6.45, 7) is 6.02. The molecule has 8 heteroatoms. The number of nitrogens with zero attached hydrogens (tertiary/aromatic N) is 4. The van der Waals surface area contributed by atoms with Crippen molar-refractivity contribution < 1.29 is 8.42 Å². The molecule has 0 bridgehead atoms. The maximum absolute atomic E-state index is 12.3. The Labute approximate surface area is 148 Å². The van der Waals surface area contributed by atoms with E-state index in [2.05, 4.69) is 38.5 Å². The zero-order valence-corrected chi connectivity index (χ0v) is 15.3. The van der Waals surface area contributed by atoms with E-state index in [0.29, 0.717) is 6.04 Å². The molecule has 2 heterocycles. The van der Waals surface area contributed by atoms with Crippen molar-refractivity contribution in [2.75, 3.05) is 31.4 Å². The number of hydrogen-bond acceptors (Lipinski definition) is 6. The Morgan fingerprint density at radius 1 is 1.16 bits per heavy atom. The molecule has 0 aliphatic carbocycles. The molecule has 1 aromatic carbocycles. The van der Waals surface area contributed by atoms with Gasteiger partial charge in [-0.1, -0.05) is 18.2 Å². The van der Waals surface area contributed by atoms with Crippen LogP contribution in [0.2, 0.25) is 0 Å². The number of aromatic nitrogens is 2. The number of hydrogen-bond donors (Lipinski definition) is 1. The summed E-state index contributed by atoms with van der Waals surface area (Å²) < 4.78 is 26.9. The Morgan fingerprint density at radius 3 is 2.48 bits per heavy atom. The lowest BCUT2D eigenvalue weighted by molar-refractivity contribution is 0.0998. The van der Waals surface area contributed by atoms with E-state index >= 15 is 0 Å². The zero-order valence-electron chi connectivity index (χ0n) is 14.5. The molecule has 134 valence electrons. The first-order valence-corrected chi connectivity index (χ1v) is 9.74. The van der Waals surface area contributed by atoms with Crippen LogP contribution in [0, 0.1) is 0 Å². The van der Waals surface area contributed by atoms with Gasteiger partial charge in [-0.05, 0) is 26.1 Å². The molecule has 7 nitrogen and oxygen atoms in total. The highest BCUT2D eigenvalue weighted by atomic mass is 32.2. The molecule has 0 amide bonds. The van der Waals surface area contributed by atoms with Crippen molar-refractivity contribution in [3.63, 3.8) is 0 Å². The summed E-state index contributed by atoms with van der Waals surface area (Å²) in [6, 6.07) is 8.71. The van der Waals surface area contributed by atoms with E-state index in [-0.39, 0.29) is 10.8 Å². The van der Waals surface area contributed by atoms with Crippen molar-refractivity contribution >= 4 is 16.0 Å². The van der Waals surface area contributed by atoms with Crippen LogP contribution in [0.25, 0.3) is 0 Å². The lowest BCUT2D eigenvalue weighted by Gasteiger charge is -2.37. The lowest BCUT2D eigenvalue weighted by Crippen LogP contribution is -2.49. The maximum atomic E-state index is 12.3. The Kier molecular flexibility index (Phi) is 5.31. The highest BCUT2D eigenvalue weighted by Gasteiger charge is 2.21. The lowest BCUT2D eigenvalue weighted by atomic mass is 10.2. The van der Waals surface area contributed by atoms with E-state index in [0.717, 1.165) is 31.7 Å². The summed E-state index contributed by atoms with van der Waals surface area (Å²) in [7, 11) is -1.52. The van der Waals surface area contributed by atoms with Crippen LogP contribution in [-0.2, 0) is 16.6 Å². The summed E-state index contributed by atoms with van der Waals surface area (Å²) in [5.41, 5.74) is 0.972. The topological polar surface area (TPSA) is 78.4 Å². The molecule has 1 aromatic heterocycles. The fourth-order valence-electron chi connectivity index (χ4n) is 2.79. The Bertz CT molecular complexity index is 796. The van der Waals surface area contributed by atoms with Crippen LogP contribution in [0.5, 0.6) is 0 Å². The summed E-state index contributed by atoms with van der Waals surface area (Å²) in [4.78, 5) is 13.2. The minimum atomic E-state index is -3.66. The van der Waals surface area contributed by atoms with Crippen molar-refractivity contribution in [3.8, 4) is 0 Å². The molecule has 1 N–H and O–H groups in total. The van der Waals surface area contributed by atoms with Gasteiger partial charge in [-0.2, -0.15) is 0 Å². The van der Waals surface area contributed by atoms with Crippen molar-refractivity contribution in [1.29, 1.82) is 0 Å². The Balaban J connectivity index is 1.63. The second kappa shape index (κ2) is 7.47. The van der Waals surface area contributed by atoms with Gasteiger partial charge in [0.15, 0.2) is 0 Å². The Hall–Kier alpha value is -2.03. The minimum absolute atomic E-state index is 0.0827. The SMILES string of the molecule is C[C@H]1CN(Cc2cnc(NS(=O)(=O)c3ccccc3)nc2)CCN1C. The second-order valence-corrected chi connectivity index (χ2v) is 8.08. The monoisotopic (exact) mass is 361 g/mol. The van der Waals surface area contributed by atoms with Crippen molar-refractivity contribution in [2.24, 2.45) is 0 Å². The first-order chi connectivity index (χ1) is 11.9. The number of sulfonamides is 1. The molecule has 0 spiro atoms. The van der Waals surface area contributed by atoms with E-state index in [9.17, 15) is 8.42 Å². The number of likely N-dealkylation sites (N-methyl/N-ethyl adjacent to an activating group) is 1. The molecule has 1 fully saturated rings. The summed E-state index contributed by atoms with van der Waals surface area (Å²) in [5, 5.41) is 0. The molecular weight excluding hydrogens is 338 g/mol. The molecule has 1 saturated heterocycles. The van der Waals surface area contributed by atoms with E-state index < -0.39 is 10.0 Å². The molecule has 0 unspecified atom stereocenters. The van der Waals surface area contributed by atoms with Crippen LogP contribution in [-0.4, -0.2) is 60.9 Å². The molecule has 25 heavy (non-hydrogen) atoms. The zero-order chi connectivity index (χ0) is 17.9. The molecule has 1 aliphatic rings. The van der Waals surface area contributed by atoms with Gasteiger partial charge in [-0.3, -0.25) is 4.90 Å². The first-order valence-electron chi connectivity index (χ1n) is 8.25. The van der Waals surface area contributed by atoms with Crippen molar-refractivity contribution in [3.05, 3.63) is 48.3 Å². The molecule has 1 aliphatic heterocycles. The highest BCUT2D eigenvalue weighted by Crippen LogP contribution is 2.14. The van der Waals surface area contributed by atoms with Crippen LogP contribution in [0.3, 0.4) is 0 Å². The van der Waals surface area contributed by atoms with Crippen LogP contribution < -0.4 is 4.72 Å². The predicted molar refractivity (Wildman–Crippen MR) is 96.7 cm³/mol. The largest absolute Gasteiger partial charge is 0.301 e. The van der Waals surface area contributed by atoms with E-state index in [4.69, 9.17) is 0 Å². The normalized spacial score (nSPS) is 19.7. The van der Waals surface area contributed by atoms with Gasteiger partial charge in [0, 0.05) is 50.2 Å². The summed E-state index contributed by atoms with van der Waals surface area (Å²) in [5.74, 6) is 0.0827. The maximum Gasteiger partial charge on any atom is 0.264 e. The highest BCUT2D eigenvalue weighted by molar-refractivity contribution is 7.92. The van der Waals surface area contributed by atoms with Gasteiger partial charge in [0.05, 0.1) is 4.90 Å². The van der Waals surface area contributed by atoms with Crippen LogP contribution in [0.4, 0.5) is 5.95 Å². The molecule has 1 atom stereocenters. The predicted octanol–water partition coefficient (Wildman–Crippen LogP) is 1.41. The smallest absolute Gasteiger partial charge is 0.264 e. The standard InChI is InChI=1S/C17H23N5O2S/c1-14-12-22(9-8-21(14)2)13-15-10-18-17(19-11-15)20-25(23,24)16-6-4-3-5-7-16/h3-7,10-11,14H,8-9,12-13H2,1-2H3,(H,18,19,20)/t14-/m0/s1. The number of piperazine rings is 1. The molecular formula is C17H23N5O2S. The average Bonchev–Trinajstić information content (AvgIpc) is 2.60. The first kappa shape index (κ1) is 17.8. The van der Waals surface area contributed by atoms with Gasteiger partial charge in [0.1, 0.15) is 0 Å². The van der Waals surface area contributed by atoms with E-state index in [1.807, 2.05) is 0 Å². The van der Waals surface area contributed by atoms with Gasteiger partial charge in [0.25, 0.3) is 10.0 Å². The number of benzene rings is 1. The van der Waals surface area contributed by atoms with Crippen molar-refractivity contribution in [2.45, 2.75) is 24.4 Å². The van der Waals surface area contributed by atoms with Crippen LogP contribution >= 0.6 is 0 Å². The van der Waals surface area contributed by atoms with Gasteiger partial charge in [0.2, 0.25) is 5.95 Å². The van der Waals surface area contributed by atoms with Gasteiger partial charge in [-0.15, -0.1) is 0 Å². The molecule has 0 radical (unpaired) electrons. The van der Waals surface area contributed by atoms with Gasteiger partial charge < -0.3 is 4.90 Å². The third-order valence-corrected chi connectivity index (χ3v) is 5.78. The fourth-order valence-corrected chi connectivity index (χ4v) is 3.77. The summed E-state index contributed by atoms with van der Waals surface area (Å²) in [6.07, 6.45) is 3.36.